The molecule has 0 unspecified atom stereocenters. The molecule has 0 aliphatic heterocycles. The van der Waals surface area contributed by atoms with Gasteiger partial charge >= 0.3 is 0 Å². The second kappa shape index (κ2) is 11.9. The molecule has 0 radical (unpaired) electrons. The van der Waals surface area contributed by atoms with Crippen molar-refractivity contribution >= 4 is 0 Å². The van der Waals surface area contributed by atoms with E-state index in [0.29, 0.717) is 12.5 Å². The maximum atomic E-state index is 8.63. The van der Waals surface area contributed by atoms with E-state index in [1.54, 1.807) is 0 Å². The van der Waals surface area contributed by atoms with Gasteiger partial charge in [0.1, 0.15) is 0 Å². The van der Waals surface area contributed by atoms with E-state index in [2.05, 4.69) is 6.92 Å². The molecule has 3 nitrogen and oxygen atoms in total. The minimum Gasteiger partial charge on any atom is -0.396 e. The Balaban J connectivity index is 0. The number of rotatable bonds is 4. The van der Waals surface area contributed by atoms with E-state index in [1.807, 2.05) is 27.7 Å². The minimum absolute atomic E-state index is 0.0694. The molecule has 18 heavy (non-hydrogen) atoms. The normalized spacial score (nSPS) is 15.2. The standard InChI is InChI=1S/C6H14O2.C5H10.C4H10O/c1-3-6(2,4-7)5-8;1-5-3-2-4-5;1-4(2)3-5/h7-8H,3-5H2,1-2H3;5H,2-4H2,1H3;4-5H,3H2,1-2H3. The average Bonchev–Trinajstić information content (AvgIpc) is 2.36. The van der Waals surface area contributed by atoms with Crippen molar-refractivity contribution in [3.63, 3.8) is 0 Å². The van der Waals surface area contributed by atoms with Gasteiger partial charge in [0.15, 0.2) is 0 Å². The number of hydrogen-bond donors (Lipinski definition) is 3. The molecule has 0 atom stereocenters. The van der Waals surface area contributed by atoms with E-state index in [9.17, 15) is 0 Å². The molecule has 1 aliphatic rings. The Morgan fingerprint density at radius 2 is 1.44 bits per heavy atom. The SMILES string of the molecule is CC(C)CO.CC1CCC1.CCC(C)(CO)CO. The van der Waals surface area contributed by atoms with Gasteiger partial charge in [0.2, 0.25) is 0 Å². The summed E-state index contributed by atoms with van der Waals surface area (Å²) in [6.07, 6.45) is 5.28. The highest BCUT2D eigenvalue weighted by Crippen LogP contribution is 2.24. The Bertz CT molecular complexity index is 149. The van der Waals surface area contributed by atoms with Crippen molar-refractivity contribution in [2.75, 3.05) is 19.8 Å². The molecule has 1 aliphatic carbocycles. The molecule has 0 bridgehead atoms. The predicted octanol–water partition coefficient (Wildman–Crippen LogP) is 2.83. The molecule has 1 saturated carbocycles. The Labute approximate surface area is 113 Å². The molecule has 0 heterocycles. The van der Waals surface area contributed by atoms with Crippen LogP contribution in [0.25, 0.3) is 0 Å². The van der Waals surface area contributed by atoms with Gasteiger partial charge in [0.25, 0.3) is 0 Å². The van der Waals surface area contributed by atoms with Gasteiger partial charge in [-0.3, -0.25) is 0 Å². The molecule has 0 spiro atoms. The first-order valence-corrected chi connectivity index (χ1v) is 7.17. The van der Waals surface area contributed by atoms with Gasteiger partial charge in [-0.2, -0.15) is 0 Å². The van der Waals surface area contributed by atoms with E-state index in [-0.39, 0.29) is 18.6 Å². The number of hydrogen-bond acceptors (Lipinski definition) is 3. The van der Waals surface area contributed by atoms with Crippen molar-refractivity contribution in [3.8, 4) is 0 Å². The summed E-state index contributed by atoms with van der Waals surface area (Å²) in [5.74, 6) is 1.50. The van der Waals surface area contributed by atoms with Crippen LogP contribution in [0.4, 0.5) is 0 Å². The van der Waals surface area contributed by atoms with Crippen LogP contribution in [0.2, 0.25) is 0 Å². The molecule has 0 aromatic rings. The quantitative estimate of drug-likeness (QED) is 0.730. The fourth-order valence-electron chi connectivity index (χ4n) is 0.886. The highest BCUT2D eigenvalue weighted by molar-refractivity contribution is 4.68. The molecular weight excluding hydrogens is 228 g/mol. The van der Waals surface area contributed by atoms with Crippen molar-refractivity contribution in [3.05, 3.63) is 0 Å². The molecule has 0 saturated heterocycles. The lowest BCUT2D eigenvalue weighted by Gasteiger charge is -2.21. The van der Waals surface area contributed by atoms with E-state index < -0.39 is 0 Å². The lowest BCUT2D eigenvalue weighted by molar-refractivity contribution is 0.0670. The maximum absolute atomic E-state index is 8.63. The van der Waals surface area contributed by atoms with Gasteiger partial charge < -0.3 is 15.3 Å². The summed E-state index contributed by atoms with van der Waals surface area (Å²) in [5, 5.41) is 25.4. The Morgan fingerprint density at radius 3 is 1.44 bits per heavy atom. The highest BCUT2D eigenvalue weighted by atomic mass is 16.3. The van der Waals surface area contributed by atoms with Crippen molar-refractivity contribution in [1.29, 1.82) is 0 Å². The zero-order chi connectivity index (χ0) is 14.6. The summed E-state index contributed by atoms with van der Waals surface area (Å²) in [6.45, 7) is 10.5. The second-order valence-electron chi connectivity index (χ2n) is 6.09. The van der Waals surface area contributed by atoms with E-state index in [0.717, 1.165) is 12.3 Å². The topological polar surface area (TPSA) is 60.7 Å². The van der Waals surface area contributed by atoms with Crippen LogP contribution in [-0.4, -0.2) is 35.1 Å². The first-order valence-electron chi connectivity index (χ1n) is 7.17. The summed E-state index contributed by atoms with van der Waals surface area (Å²) in [7, 11) is 0. The summed E-state index contributed by atoms with van der Waals surface area (Å²) in [6, 6.07) is 0. The van der Waals surface area contributed by atoms with Gasteiger partial charge in [0, 0.05) is 12.0 Å². The lowest BCUT2D eigenvalue weighted by atomic mass is 9.88. The molecule has 112 valence electrons. The summed E-state index contributed by atoms with van der Waals surface area (Å²) in [5.41, 5.74) is -0.264. The maximum Gasteiger partial charge on any atom is 0.0506 e. The molecule has 1 rings (SSSR count). The Hall–Kier alpha value is -0.120. The predicted molar refractivity (Wildman–Crippen MR) is 77.5 cm³/mol. The molecular formula is C15H34O3. The highest BCUT2D eigenvalue weighted by Gasteiger charge is 2.18. The molecule has 0 aromatic heterocycles. The van der Waals surface area contributed by atoms with Gasteiger partial charge in [-0.25, -0.2) is 0 Å². The van der Waals surface area contributed by atoms with E-state index in [4.69, 9.17) is 15.3 Å². The van der Waals surface area contributed by atoms with Crippen LogP contribution >= 0.6 is 0 Å². The zero-order valence-electron chi connectivity index (χ0n) is 12.9. The first kappa shape index (κ1) is 20.2. The van der Waals surface area contributed by atoms with Crippen LogP contribution < -0.4 is 0 Å². The molecule has 3 heteroatoms. The third-order valence-corrected chi connectivity index (χ3v) is 3.38. The number of aliphatic hydroxyl groups excluding tert-OH is 3. The van der Waals surface area contributed by atoms with Crippen LogP contribution in [0.3, 0.4) is 0 Å². The van der Waals surface area contributed by atoms with Crippen LogP contribution in [0.5, 0.6) is 0 Å². The molecule has 0 aromatic carbocycles. The van der Waals surface area contributed by atoms with Crippen molar-refractivity contribution in [2.24, 2.45) is 17.3 Å². The third-order valence-electron chi connectivity index (χ3n) is 3.38. The van der Waals surface area contributed by atoms with Crippen molar-refractivity contribution in [1.82, 2.24) is 0 Å². The van der Waals surface area contributed by atoms with Crippen LogP contribution in [0.15, 0.2) is 0 Å². The molecule has 3 N–H and O–H groups in total. The lowest BCUT2D eigenvalue weighted by Crippen LogP contribution is -2.24. The minimum atomic E-state index is -0.264. The van der Waals surface area contributed by atoms with Gasteiger partial charge in [-0.05, 0) is 18.3 Å². The van der Waals surface area contributed by atoms with Gasteiger partial charge in [-0.15, -0.1) is 0 Å². The zero-order valence-corrected chi connectivity index (χ0v) is 12.9. The van der Waals surface area contributed by atoms with Gasteiger partial charge in [-0.1, -0.05) is 53.9 Å². The summed E-state index contributed by atoms with van der Waals surface area (Å²) in [4.78, 5) is 0. The summed E-state index contributed by atoms with van der Waals surface area (Å²) >= 11 is 0. The Morgan fingerprint density at radius 1 is 1.11 bits per heavy atom. The fraction of sp³-hybridized carbons (Fsp3) is 1.00. The van der Waals surface area contributed by atoms with Crippen molar-refractivity contribution in [2.45, 2.75) is 60.3 Å². The van der Waals surface area contributed by atoms with Crippen LogP contribution in [-0.2, 0) is 0 Å². The first-order chi connectivity index (χ1) is 8.35. The monoisotopic (exact) mass is 262 g/mol. The smallest absolute Gasteiger partial charge is 0.0506 e. The Kier molecular flexibility index (Phi) is 13.4. The van der Waals surface area contributed by atoms with E-state index >= 15 is 0 Å². The van der Waals surface area contributed by atoms with Crippen LogP contribution in [0, 0.1) is 17.3 Å². The third kappa shape index (κ3) is 12.3. The van der Waals surface area contributed by atoms with Crippen LogP contribution in [0.1, 0.15) is 60.3 Å². The average molecular weight is 262 g/mol. The van der Waals surface area contributed by atoms with E-state index in [1.165, 1.54) is 19.3 Å². The fourth-order valence-corrected chi connectivity index (χ4v) is 0.886. The summed E-state index contributed by atoms with van der Waals surface area (Å²) < 4.78 is 0. The largest absolute Gasteiger partial charge is 0.396 e. The van der Waals surface area contributed by atoms with Crippen molar-refractivity contribution < 1.29 is 15.3 Å². The molecule has 1 fully saturated rings. The number of aliphatic hydroxyl groups is 3. The molecule has 0 amide bonds. The van der Waals surface area contributed by atoms with Gasteiger partial charge in [0.05, 0.1) is 13.2 Å². The second-order valence-corrected chi connectivity index (χ2v) is 6.09.